The van der Waals surface area contributed by atoms with Gasteiger partial charge in [-0.2, -0.15) is 0 Å². The van der Waals surface area contributed by atoms with Crippen LogP contribution in [0.3, 0.4) is 0 Å². The van der Waals surface area contributed by atoms with Crippen LogP contribution in [0, 0.1) is 11.7 Å². The summed E-state index contributed by atoms with van der Waals surface area (Å²) in [5.41, 5.74) is 3.36. The van der Waals surface area contributed by atoms with Crippen LogP contribution < -0.4 is 14.8 Å². The molecule has 0 saturated heterocycles. The predicted octanol–water partition coefficient (Wildman–Crippen LogP) is 4.49. The number of nitrogens with one attached hydrogen (secondary N) is 1. The molecule has 6 heteroatoms. The zero-order valence-corrected chi connectivity index (χ0v) is 19.1. The molecule has 2 aromatic rings. The first-order chi connectivity index (χ1) is 14.8. The van der Waals surface area contributed by atoms with E-state index >= 15 is 0 Å². The topological polar surface area (TPSA) is 50.8 Å². The second-order valence-corrected chi connectivity index (χ2v) is 8.65. The van der Waals surface area contributed by atoms with Crippen LogP contribution in [0.25, 0.3) is 0 Å². The molecule has 5 nitrogen and oxygen atoms in total. The van der Waals surface area contributed by atoms with E-state index in [4.69, 9.17) is 9.47 Å². The highest BCUT2D eigenvalue weighted by Gasteiger charge is 2.33. The summed E-state index contributed by atoms with van der Waals surface area (Å²) >= 11 is 0. The van der Waals surface area contributed by atoms with E-state index in [9.17, 15) is 9.18 Å². The van der Waals surface area contributed by atoms with E-state index in [1.807, 2.05) is 45.0 Å². The van der Waals surface area contributed by atoms with Gasteiger partial charge in [-0.25, -0.2) is 4.39 Å². The van der Waals surface area contributed by atoms with E-state index in [0.29, 0.717) is 30.4 Å². The maximum Gasteiger partial charge on any atom is 0.220 e. The normalized spacial score (nSPS) is 17.2. The number of carbonyl (C=O) groups is 1. The molecule has 0 radical (unpaired) electrons. The van der Waals surface area contributed by atoms with Crippen molar-refractivity contribution in [3.8, 4) is 11.5 Å². The highest BCUT2D eigenvalue weighted by atomic mass is 19.1. The summed E-state index contributed by atoms with van der Waals surface area (Å²) in [5, 5.41) is 3.20. The van der Waals surface area contributed by atoms with Crippen LogP contribution >= 0.6 is 0 Å². The largest absolute Gasteiger partial charge is 0.493 e. The molecule has 1 N–H and O–H groups in total. The van der Waals surface area contributed by atoms with Crippen molar-refractivity contribution in [2.45, 2.75) is 52.2 Å². The molecule has 0 saturated carbocycles. The lowest BCUT2D eigenvalue weighted by Gasteiger charge is -2.41. The third kappa shape index (κ3) is 5.56. The van der Waals surface area contributed by atoms with E-state index in [1.165, 1.54) is 17.7 Å². The number of methoxy groups -OCH3 is 2. The van der Waals surface area contributed by atoms with Crippen LogP contribution in [-0.2, 0) is 17.8 Å². The molecule has 0 spiro atoms. The summed E-state index contributed by atoms with van der Waals surface area (Å²) in [5.74, 6) is 1.50. The van der Waals surface area contributed by atoms with E-state index in [2.05, 4.69) is 10.2 Å². The van der Waals surface area contributed by atoms with Crippen molar-refractivity contribution in [2.75, 3.05) is 20.8 Å². The molecule has 3 rings (SSSR count). The van der Waals surface area contributed by atoms with Crippen molar-refractivity contribution in [1.82, 2.24) is 10.2 Å². The van der Waals surface area contributed by atoms with Gasteiger partial charge >= 0.3 is 0 Å². The van der Waals surface area contributed by atoms with Crippen LogP contribution in [0.2, 0.25) is 0 Å². The minimum absolute atomic E-state index is 0.0373. The first-order valence-electron chi connectivity index (χ1n) is 10.8. The molecule has 0 aliphatic carbocycles. The Morgan fingerprint density at radius 1 is 1.13 bits per heavy atom. The number of carbonyl (C=O) groups excluding carboxylic acids is 1. The number of fused-ring (bicyclic) bond motifs is 1. The molecule has 2 atom stereocenters. The van der Waals surface area contributed by atoms with Crippen LogP contribution in [0.4, 0.5) is 4.39 Å². The third-order valence-corrected chi connectivity index (χ3v) is 5.78. The number of hydrogen-bond donors (Lipinski definition) is 1. The highest BCUT2D eigenvalue weighted by Crippen LogP contribution is 2.40. The van der Waals surface area contributed by atoms with Crippen molar-refractivity contribution in [1.29, 1.82) is 0 Å². The Morgan fingerprint density at radius 3 is 2.39 bits per heavy atom. The zero-order chi connectivity index (χ0) is 22.5. The molecule has 0 aromatic heterocycles. The Kier molecular flexibility index (Phi) is 7.55. The number of benzene rings is 2. The number of nitrogens with zero attached hydrogens (tertiary/aromatic N) is 1. The summed E-state index contributed by atoms with van der Waals surface area (Å²) in [6.07, 6.45) is 1.36. The van der Waals surface area contributed by atoms with Crippen LogP contribution in [0.5, 0.6) is 11.5 Å². The Labute approximate surface area is 184 Å². The molecule has 1 aliphatic heterocycles. The molecule has 1 heterocycles. The van der Waals surface area contributed by atoms with E-state index < -0.39 is 0 Å². The van der Waals surface area contributed by atoms with Gasteiger partial charge in [0.05, 0.1) is 20.3 Å². The first-order valence-corrected chi connectivity index (χ1v) is 10.8. The van der Waals surface area contributed by atoms with Crippen LogP contribution in [0.1, 0.15) is 49.9 Å². The van der Waals surface area contributed by atoms with Crippen molar-refractivity contribution in [2.24, 2.45) is 5.92 Å². The molecule has 0 fully saturated rings. The third-order valence-electron chi connectivity index (χ3n) is 5.78. The predicted molar refractivity (Wildman–Crippen MR) is 120 cm³/mol. The zero-order valence-electron chi connectivity index (χ0n) is 19.1. The van der Waals surface area contributed by atoms with Gasteiger partial charge in [-0.05, 0) is 60.2 Å². The molecule has 2 aromatic carbocycles. The summed E-state index contributed by atoms with van der Waals surface area (Å²) in [4.78, 5) is 14.9. The van der Waals surface area contributed by atoms with Gasteiger partial charge in [0.1, 0.15) is 5.82 Å². The average Bonchev–Trinajstić information content (AvgIpc) is 2.73. The van der Waals surface area contributed by atoms with Crippen molar-refractivity contribution < 1.29 is 18.7 Å². The van der Waals surface area contributed by atoms with Crippen molar-refractivity contribution in [3.63, 3.8) is 0 Å². The Bertz CT molecular complexity index is 898. The minimum atomic E-state index is -0.240. The first kappa shape index (κ1) is 23.1. The highest BCUT2D eigenvalue weighted by molar-refractivity contribution is 5.76. The van der Waals surface area contributed by atoms with Crippen LogP contribution in [-0.4, -0.2) is 37.6 Å². The van der Waals surface area contributed by atoms with Gasteiger partial charge in [-0.15, -0.1) is 0 Å². The van der Waals surface area contributed by atoms with E-state index in [1.54, 1.807) is 14.2 Å². The molecule has 1 aliphatic rings. The lowest BCUT2D eigenvalue weighted by Crippen LogP contribution is -2.47. The Balaban J connectivity index is 1.95. The van der Waals surface area contributed by atoms with Crippen molar-refractivity contribution in [3.05, 3.63) is 58.9 Å². The van der Waals surface area contributed by atoms with Gasteiger partial charge in [0.2, 0.25) is 5.91 Å². The Hall–Kier alpha value is -2.60. The minimum Gasteiger partial charge on any atom is -0.493 e. The smallest absolute Gasteiger partial charge is 0.220 e. The van der Waals surface area contributed by atoms with E-state index in [0.717, 1.165) is 24.1 Å². The summed E-state index contributed by atoms with van der Waals surface area (Å²) < 4.78 is 24.4. The average molecular weight is 429 g/mol. The summed E-state index contributed by atoms with van der Waals surface area (Å²) in [6, 6.07) is 10.5. The second-order valence-electron chi connectivity index (χ2n) is 8.65. The molecule has 168 valence electrons. The van der Waals surface area contributed by atoms with Gasteiger partial charge in [0.15, 0.2) is 11.5 Å². The number of amides is 1. The maximum atomic E-state index is 13.4. The maximum absolute atomic E-state index is 13.4. The molecule has 1 amide bonds. The second kappa shape index (κ2) is 10.1. The van der Waals surface area contributed by atoms with Gasteiger partial charge in [0, 0.05) is 25.6 Å². The van der Waals surface area contributed by atoms with Gasteiger partial charge < -0.3 is 14.8 Å². The summed E-state index contributed by atoms with van der Waals surface area (Å²) in [7, 11) is 3.27. The quantitative estimate of drug-likeness (QED) is 0.673. The standard InChI is InChI=1S/C25H33FN2O3/c1-16(2)12-24(29)27-17(3)25-21-14-23(31-5)22(30-4)13-19(21)10-11-28(25)15-18-6-8-20(26)9-7-18/h6-9,13-14,16-17,25H,10-12,15H2,1-5H3,(H,27,29)/t17-,25-/m1/s1. The molecule has 31 heavy (non-hydrogen) atoms. The molecule has 0 bridgehead atoms. The lowest BCUT2D eigenvalue weighted by atomic mass is 9.87. The Morgan fingerprint density at radius 2 is 1.77 bits per heavy atom. The van der Waals surface area contributed by atoms with Gasteiger partial charge in [-0.1, -0.05) is 26.0 Å². The number of ether oxygens (including phenoxy) is 2. The van der Waals surface area contributed by atoms with Crippen LogP contribution in [0.15, 0.2) is 36.4 Å². The molecule has 0 unspecified atom stereocenters. The van der Waals surface area contributed by atoms with Gasteiger partial charge in [0.25, 0.3) is 0 Å². The van der Waals surface area contributed by atoms with Gasteiger partial charge in [-0.3, -0.25) is 9.69 Å². The fourth-order valence-electron chi connectivity index (χ4n) is 4.38. The fraction of sp³-hybridized carbons (Fsp3) is 0.480. The van der Waals surface area contributed by atoms with Crippen molar-refractivity contribution >= 4 is 5.91 Å². The number of rotatable bonds is 8. The molecular formula is C25H33FN2O3. The molecular weight excluding hydrogens is 395 g/mol. The number of halogens is 1. The lowest BCUT2D eigenvalue weighted by molar-refractivity contribution is -0.122. The fourth-order valence-corrected chi connectivity index (χ4v) is 4.38. The summed E-state index contributed by atoms with van der Waals surface area (Å²) in [6.45, 7) is 7.63. The number of hydrogen-bond acceptors (Lipinski definition) is 4. The van der Waals surface area contributed by atoms with E-state index in [-0.39, 0.29) is 23.8 Å². The SMILES string of the molecule is COc1cc2c(cc1OC)[C@@H]([C@@H](C)NC(=O)CC(C)C)N(Cc1ccc(F)cc1)CC2. The monoisotopic (exact) mass is 428 g/mol.